The molecule has 158 valence electrons. The van der Waals surface area contributed by atoms with Crippen LogP contribution in [-0.4, -0.2) is 61.0 Å². The van der Waals surface area contributed by atoms with Gasteiger partial charge in [-0.1, -0.05) is 19.0 Å². The molecule has 2 atom stereocenters. The zero-order valence-electron chi connectivity index (χ0n) is 18.0. The topological polar surface area (TPSA) is 85.1 Å². The number of hydrogen-bond donors (Lipinski definition) is 0. The molecule has 8 nitrogen and oxygen atoms in total. The molecule has 0 spiro atoms. The van der Waals surface area contributed by atoms with Gasteiger partial charge in [-0.05, 0) is 33.6 Å². The van der Waals surface area contributed by atoms with Crippen LogP contribution in [-0.2, 0) is 14.3 Å². The molecule has 2 heterocycles. The fourth-order valence-corrected chi connectivity index (χ4v) is 3.25. The van der Waals surface area contributed by atoms with Gasteiger partial charge in [-0.25, -0.2) is 4.79 Å². The Hall–Kier alpha value is -2.25. The molecular weight excluding hydrogens is 362 g/mol. The van der Waals surface area contributed by atoms with Gasteiger partial charge in [-0.3, -0.25) is 4.79 Å². The number of rotatable bonds is 5. The normalized spacial score (nSPS) is 17.8. The van der Waals surface area contributed by atoms with Crippen molar-refractivity contribution in [1.29, 1.82) is 0 Å². The van der Waals surface area contributed by atoms with E-state index >= 15 is 0 Å². The summed E-state index contributed by atoms with van der Waals surface area (Å²) in [5.74, 6) is 0.679. The highest BCUT2D eigenvalue weighted by Gasteiger charge is 2.30. The van der Waals surface area contributed by atoms with Crippen LogP contribution in [0.3, 0.4) is 0 Å². The van der Waals surface area contributed by atoms with E-state index in [1.807, 2.05) is 47.7 Å². The minimum Gasteiger partial charge on any atom is -0.469 e. The molecule has 1 aromatic heterocycles. The maximum atomic E-state index is 12.2. The smallest absolute Gasteiger partial charge is 0.410 e. The largest absolute Gasteiger partial charge is 0.469 e. The molecule has 0 saturated carbocycles. The molecule has 1 aliphatic rings. The molecule has 0 radical (unpaired) electrons. The Morgan fingerprint density at radius 1 is 1.29 bits per heavy atom. The number of amides is 1. The summed E-state index contributed by atoms with van der Waals surface area (Å²) in [6.07, 6.45) is 1.39. The third-order valence-electron chi connectivity index (χ3n) is 5.31. The number of hydrogen-bond acceptors (Lipinski definition) is 7. The maximum absolute atomic E-state index is 12.2. The lowest BCUT2D eigenvalue weighted by Gasteiger charge is -2.37. The van der Waals surface area contributed by atoms with Gasteiger partial charge in [-0.15, -0.1) is 0 Å². The Morgan fingerprint density at radius 3 is 2.43 bits per heavy atom. The van der Waals surface area contributed by atoms with Crippen molar-refractivity contribution in [2.24, 2.45) is 5.92 Å². The van der Waals surface area contributed by atoms with E-state index in [4.69, 9.17) is 14.0 Å². The van der Waals surface area contributed by atoms with Gasteiger partial charge in [0.1, 0.15) is 11.4 Å². The number of nitrogens with zero attached hydrogens (tertiary/aromatic N) is 3. The molecule has 1 amide bonds. The second kappa shape index (κ2) is 8.84. The zero-order valence-corrected chi connectivity index (χ0v) is 18.0. The Bertz CT molecular complexity index is 674. The van der Waals surface area contributed by atoms with Crippen LogP contribution in [0, 0.1) is 5.92 Å². The van der Waals surface area contributed by atoms with Crippen LogP contribution in [0.1, 0.15) is 59.1 Å². The minimum atomic E-state index is -0.486. The molecule has 28 heavy (non-hydrogen) atoms. The van der Waals surface area contributed by atoms with Crippen LogP contribution in [0.4, 0.5) is 10.6 Å². The molecule has 2 rings (SSSR count). The number of anilines is 1. The molecule has 8 heteroatoms. The Labute approximate surface area is 167 Å². The molecular formula is C20H33N3O5. The predicted octanol–water partition coefficient (Wildman–Crippen LogP) is 3.42. The van der Waals surface area contributed by atoms with Gasteiger partial charge in [0.2, 0.25) is 0 Å². The van der Waals surface area contributed by atoms with Crippen LogP contribution in [0.2, 0.25) is 0 Å². The third-order valence-corrected chi connectivity index (χ3v) is 5.31. The van der Waals surface area contributed by atoms with E-state index in [-0.39, 0.29) is 29.9 Å². The SMILES string of the molecule is COC(=O)[C@@H](C)C(C)c1cc(N(C)C2CCN(C(=O)OC(C)(C)C)CC2)no1. The second-order valence-electron chi connectivity index (χ2n) is 8.50. The second-order valence-corrected chi connectivity index (χ2v) is 8.50. The molecule has 1 aromatic rings. The predicted molar refractivity (Wildman–Crippen MR) is 105 cm³/mol. The molecule has 1 aliphatic heterocycles. The quantitative estimate of drug-likeness (QED) is 0.706. The fourth-order valence-electron chi connectivity index (χ4n) is 3.25. The Balaban J connectivity index is 1.94. The van der Waals surface area contributed by atoms with Gasteiger partial charge in [0.25, 0.3) is 0 Å². The molecule has 0 aliphatic carbocycles. The van der Waals surface area contributed by atoms with E-state index < -0.39 is 5.60 Å². The highest BCUT2D eigenvalue weighted by Crippen LogP contribution is 2.29. The number of esters is 1. The van der Waals surface area contributed by atoms with Crippen molar-refractivity contribution in [3.63, 3.8) is 0 Å². The molecule has 0 N–H and O–H groups in total. The first-order chi connectivity index (χ1) is 13.0. The minimum absolute atomic E-state index is 0.129. The average molecular weight is 396 g/mol. The van der Waals surface area contributed by atoms with Crippen molar-refractivity contribution in [2.45, 2.75) is 65.0 Å². The maximum Gasteiger partial charge on any atom is 0.410 e. The van der Waals surface area contributed by atoms with Crippen LogP contribution in [0.15, 0.2) is 10.6 Å². The van der Waals surface area contributed by atoms with E-state index in [1.54, 1.807) is 4.90 Å². The molecule has 1 fully saturated rings. The van der Waals surface area contributed by atoms with E-state index in [0.717, 1.165) is 18.7 Å². The Morgan fingerprint density at radius 2 is 1.89 bits per heavy atom. The lowest BCUT2D eigenvalue weighted by atomic mass is 9.93. The third kappa shape index (κ3) is 5.39. The summed E-state index contributed by atoms with van der Waals surface area (Å²) in [5.41, 5.74) is -0.486. The first-order valence-corrected chi connectivity index (χ1v) is 9.78. The van der Waals surface area contributed by atoms with Crippen LogP contribution in [0.25, 0.3) is 0 Å². The van der Waals surface area contributed by atoms with Gasteiger partial charge >= 0.3 is 12.1 Å². The van der Waals surface area contributed by atoms with Gasteiger partial charge in [-0.2, -0.15) is 0 Å². The number of piperidine rings is 1. The standard InChI is InChI=1S/C20H33N3O5/c1-13(14(2)18(24)26-7)16-12-17(21-28-16)22(6)15-8-10-23(11-9-15)19(25)27-20(3,4)5/h12-15H,8-11H2,1-7H3/t13?,14-/m0/s1. The number of carbonyl (C=O) groups excluding carboxylic acids is 2. The highest BCUT2D eigenvalue weighted by atomic mass is 16.6. The number of ether oxygens (including phenoxy) is 2. The van der Waals surface area contributed by atoms with Crippen LogP contribution >= 0.6 is 0 Å². The molecule has 0 bridgehead atoms. The van der Waals surface area contributed by atoms with E-state index in [0.29, 0.717) is 18.8 Å². The van der Waals surface area contributed by atoms with Gasteiger partial charge in [0.15, 0.2) is 5.82 Å². The fraction of sp³-hybridized carbons (Fsp3) is 0.750. The number of methoxy groups -OCH3 is 1. The van der Waals surface area contributed by atoms with Gasteiger partial charge in [0.05, 0.1) is 13.0 Å². The first kappa shape index (κ1) is 22.0. The van der Waals surface area contributed by atoms with Crippen molar-refractivity contribution in [2.75, 3.05) is 32.1 Å². The lowest BCUT2D eigenvalue weighted by molar-refractivity contribution is -0.145. The van der Waals surface area contributed by atoms with Crippen molar-refractivity contribution in [3.8, 4) is 0 Å². The lowest BCUT2D eigenvalue weighted by Crippen LogP contribution is -2.47. The summed E-state index contributed by atoms with van der Waals surface area (Å²) < 4.78 is 15.7. The van der Waals surface area contributed by atoms with Crippen molar-refractivity contribution in [1.82, 2.24) is 10.1 Å². The van der Waals surface area contributed by atoms with Crippen molar-refractivity contribution in [3.05, 3.63) is 11.8 Å². The summed E-state index contributed by atoms with van der Waals surface area (Å²) in [7, 11) is 3.36. The summed E-state index contributed by atoms with van der Waals surface area (Å²) in [5, 5.41) is 4.18. The summed E-state index contributed by atoms with van der Waals surface area (Å²) in [4.78, 5) is 27.8. The van der Waals surface area contributed by atoms with E-state index in [9.17, 15) is 9.59 Å². The van der Waals surface area contributed by atoms with Gasteiger partial charge in [0, 0.05) is 38.2 Å². The monoisotopic (exact) mass is 395 g/mol. The van der Waals surface area contributed by atoms with Crippen molar-refractivity contribution >= 4 is 17.9 Å². The molecule has 1 saturated heterocycles. The highest BCUT2D eigenvalue weighted by molar-refractivity contribution is 5.73. The number of carbonyl (C=O) groups is 2. The first-order valence-electron chi connectivity index (χ1n) is 9.78. The van der Waals surface area contributed by atoms with Crippen molar-refractivity contribution < 1.29 is 23.6 Å². The van der Waals surface area contributed by atoms with Gasteiger partial charge < -0.3 is 23.8 Å². The van der Waals surface area contributed by atoms with E-state index in [1.165, 1.54) is 7.11 Å². The van der Waals surface area contributed by atoms with Crippen LogP contribution < -0.4 is 4.90 Å². The summed E-state index contributed by atoms with van der Waals surface area (Å²) in [6, 6.07) is 2.13. The van der Waals surface area contributed by atoms with Crippen LogP contribution in [0.5, 0.6) is 0 Å². The summed E-state index contributed by atoms with van der Waals surface area (Å²) in [6.45, 7) is 10.6. The number of aromatic nitrogens is 1. The molecule has 0 aromatic carbocycles. The Kier molecular flexibility index (Phi) is 6.96. The summed E-state index contributed by atoms with van der Waals surface area (Å²) >= 11 is 0. The number of likely N-dealkylation sites (tertiary alicyclic amines) is 1. The average Bonchev–Trinajstić information content (AvgIpc) is 3.14. The van der Waals surface area contributed by atoms with E-state index in [2.05, 4.69) is 10.1 Å². The molecule has 1 unspecified atom stereocenters. The zero-order chi connectivity index (χ0) is 21.1.